The highest BCUT2D eigenvalue weighted by Gasteiger charge is 2.18. The summed E-state index contributed by atoms with van der Waals surface area (Å²) < 4.78 is 3.45. The SMILES string of the molecule is Cn1ncc(Cl)c1-c1nn2c(-c3ccsc3)nnc2s1. The van der Waals surface area contributed by atoms with Crippen molar-refractivity contribution in [2.75, 3.05) is 0 Å². The van der Waals surface area contributed by atoms with E-state index in [2.05, 4.69) is 20.4 Å². The summed E-state index contributed by atoms with van der Waals surface area (Å²) in [4.78, 5) is 0.735. The highest BCUT2D eigenvalue weighted by atomic mass is 35.5. The van der Waals surface area contributed by atoms with Crippen LogP contribution < -0.4 is 0 Å². The molecule has 0 radical (unpaired) electrons. The number of nitrogens with zero attached hydrogens (tertiary/aromatic N) is 6. The monoisotopic (exact) mass is 322 g/mol. The van der Waals surface area contributed by atoms with E-state index in [1.54, 1.807) is 26.7 Å². The van der Waals surface area contributed by atoms with Gasteiger partial charge in [-0.15, -0.1) is 10.2 Å². The van der Waals surface area contributed by atoms with Crippen LogP contribution in [0.5, 0.6) is 0 Å². The van der Waals surface area contributed by atoms with E-state index in [-0.39, 0.29) is 0 Å². The van der Waals surface area contributed by atoms with Gasteiger partial charge in [-0.05, 0) is 11.4 Å². The van der Waals surface area contributed by atoms with Gasteiger partial charge >= 0.3 is 0 Å². The van der Waals surface area contributed by atoms with Gasteiger partial charge in [0.25, 0.3) is 0 Å². The summed E-state index contributed by atoms with van der Waals surface area (Å²) in [5, 5.41) is 22.4. The lowest BCUT2D eigenvalue weighted by molar-refractivity contribution is 0.772. The van der Waals surface area contributed by atoms with Crippen LogP contribution in [0, 0.1) is 0 Å². The third kappa shape index (κ3) is 1.69. The van der Waals surface area contributed by atoms with Gasteiger partial charge < -0.3 is 0 Å². The van der Waals surface area contributed by atoms with Gasteiger partial charge in [0.05, 0.1) is 11.2 Å². The van der Waals surface area contributed by atoms with E-state index in [0.717, 1.165) is 27.1 Å². The molecule has 4 rings (SSSR count). The Bertz CT molecular complexity index is 868. The van der Waals surface area contributed by atoms with Crippen LogP contribution in [-0.4, -0.2) is 29.6 Å². The van der Waals surface area contributed by atoms with Crippen molar-refractivity contribution in [3.05, 3.63) is 28.0 Å². The Kier molecular flexibility index (Phi) is 2.62. The summed E-state index contributed by atoms with van der Waals surface area (Å²) in [6, 6.07) is 2.00. The van der Waals surface area contributed by atoms with Crippen LogP contribution in [0.1, 0.15) is 0 Å². The van der Waals surface area contributed by atoms with E-state index in [1.165, 1.54) is 11.3 Å². The van der Waals surface area contributed by atoms with E-state index >= 15 is 0 Å². The summed E-state index contributed by atoms with van der Waals surface area (Å²) in [6.45, 7) is 0. The zero-order chi connectivity index (χ0) is 13.7. The third-order valence-corrected chi connectivity index (χ3v) is 4.73. The molecule has 0 aliphatic carbocycles. The quantitative estimate of drug-likeness (QED) is 0.569. The molecule has 0 saturated heterocycles. The molecule has 4 heterocycles. The first kappa shape index (κ1) is 12.0. The van der Waals surface area contributed by atoms with Crippen molar-refractivity contribution in [1.82, 2.24) is 29.6 Å². The molecule has 9 heteroatoms. The zero-order valence-corrected chi connectivity index (χ0v) is 12.6. The molecule has 0 fully saturated rings. The number of hydrogen-bond donors (Lipinski definition) is 0. The summed E-state index contributed by atoms with van der Waals surface area (Å²) in [6.07, 6.45) is 1.61. The first-order valence-corrected chi connectivity index (χ1v) is 7.80. The highest BCUT2D eigenvalue weighted by molar-refractivity contribution is 7.19. The predicted octanol–water partition coefficient (Wildman–Crippen LogP) is 2.97. The topological polar surface area (TPSA) is 60.9 Å². The second-order valence-corrected chi connectivity index (χ2v) is 6.25. The maximum atomic E-state index is 6.15. The van der Waals surface area contributed by atoms with Gasteiger partial charge in [0.2, 0.25) is 4.96 Å². The molecule has 0 amide bonds. The molecule has 0 unspecified atom stereocenters. The van der Waals surface area contributed by atoms with E-state index in [1.807, 2.05) is 23.9 Å². The lowest BCUT2D eigenvalue weighted by Crippen LogP contribution is -1.95. The summed E-state index contributed by atoms with van der Waals surface area (Å²) in [7, 11) is 1.84. The molecular formula is C11H7ClN6S2. The van der Waals surface area contributed by atoms with Crippen LogP contribution in [0.3, 0.4) is 0 Å². The fourth-order valence-electron chi connectivity index (χ4n) is 1.94. The molecule has 0 bridgehead atoms. The molecule has 0 N–H and O–H groups in total. The van der Waals surface area contributed by atoms with Crippen molar-refractivity contribution in [3.8, 4) is 22.1 Å². The van der Waals surface area contributed by atoms with Crippen molar-refractivity contribution in [3.63, 3.8) is 0 Å². The molecule has 100 valence electrons. The molecule has 0 aromatic carbocycles. The molecule has 0 aliphatic heterocycles. The average molecular weight is 323 g/mol. The Morgan fingerprint density at radius 1 is 1.30 bits per heavy atom. The number of aryl methyl sites for hydroxylation is 1. The smallest absolute Gasteiger partial charge is 0.235 e. The maximum Gasteiger partial charge on any atom is 0.235 e. The number of aromatic nitrogens is 6. The van der Waals surface area contributed by atoms with Crippen molar-refractivity contribution in [1.29, 1.82) is 0 Å². The molecule has 0 atom stereocenters. The van der Waals surface area contributed by atoms with Gasteiger partial charge in [-0.25, -0.2) is 0 Å². The largest absolute Gasteiger partial charge is 0.264 e. The molecule has 4 aromatic heterocycles. The standard InChI is InChI=1S/C11H7ClN6S2/c1-17-8(7(12)4-13-17)10-16-18-9(6-2-3-19-5-6)14-15-11(18)20-10/h2-5H,1H3. The normalized spacial score (nSPS) is 11.5. The van der Waals surface area contributed by atoms with Gasteiger partial charge in [-0.2, -0.15) is 26.0 Å². The minimum Gasteiger partial charge on any atom is -0.264 e. The Morgan fingerprint density at radius 3 is 2.90 bits per heavy atom. The predicted molar refractivity (Wildman–Crippen MR) is 79.2 cm³/mol. The number of fused-ring (bicyclic) bond motifs is 1. The highest BCUT2D eigenvalue weighted by Crippen LogP contribution is 2.32. The van der Waals surface area contributed by atoms with Gasteiger partial charge in [-0.1, -0.05) is 22.9 Å². The lowest BCUT2D eigenvalue weighted by atomic mass is 10.3. The van der Waals surface area contributed by atoms with Crippen molar-refractivity contribution in [2.24, 2.45) is 7.05 Å². The fourth-order valence-corrected chi connectivity index (χ4v) is 3.81. The van der Waals surface area contributed by atoms with Gasteiger partial charge in [0.15, 0.2) is 10.8 Å². The van der Waals surface area contributed by atoms with Gasteiger partial charge in [0, 0.05) is 18.0 Å². The van der Waals surface area contributed by atoms with Crippen LogP contribution in [-0.2, 0) is 7.05 Å². The van der Waals surface area contributed by atoms with E-state index in [4.69, 9.17) is 11.6 Å². The molecular weight excluding hydrogens is 316 g/mol. The molecule has 0 aliphatic rings. The number of halogens is 1. The lowest BCUT2D eigenvalue weighted by Gasteiger charge is -1.96. The van der Waals surface area contributed by atoms with Crippen molar-refractivity contribution in [2.45, 2.75) is 0 Å². The number of thiophene rings is 1. The Hall–Kier alpha value is -1.77. The molecule has 20 heavy (non-hydrogen) atoms. The molecule has 4 aromatic rings. The van der Waals surface area contributed by atoms with Crippen molar-refractivity contribution < 1.29 is 0 Å². The molecule has 6 nitrogen and oxygen atoms in total. The molecule has 0 saturated carbocycles. The number of rotatable bonds is 2. The fraction of sp³-hybridized carbons (Fsp3) is 0.0909. The van der Waals surface area contributed by atoms with Crippen LogP contribution in [0.2, 0.25) is 5.02 Å². The molecule has 0 spiro atoms. The zero-order valence-electron chi connectivity index (χ0n) is 10.2. The van der Waals surface area contributed by atoms with Gasteiger partial charge in [-0.3, -0.25) is 4.68 Å². The second kappa shape index (κ2) is 4.37. The second-order valence-electron chi connectivity index (χ2n) is 4.10. The van der Waals surface area contributed by atoms with Gasteiger partial charge in [0.1, 0.15) is 5.69 Å². The minimum atomic E-state index is 0.578. The minimum absolute atomic E-state index is 0.578. The van der Waals surface area contributed by atoms with Crippen LogP contribution >= 0.6 is 34.3 Å². The Balaban J connectivity index is 1.93. The van der Waals surface area contributed by atoms with Crippen molar-refractivity contribution >= 4 is 39.2 Å². The van der Waals surface area contributed by atoms with E-state index in [0.29, 0.717) is 5.02 Å². The average Bonchev–Trinajstić information content (AvgIpc) is 3.12. The summed E-state index contributed by atoms with van der Waals surface area (Å²) >= 11 is 9.21. The van der Waals surface area contributed by atoms with Crippen LogP contribution in [0.25, 0.3) is 27.1 Å². The van der Waals surface area contributed by atoms with E-state index in [9.17, 15) is 0 Å². The maximum absolute atomic E-state index is 6.15. The first-order chi connectivity index (χ1) is 9.74. The first-order valence-electron chi connectivity index (χ1n) is 5.67. The van der Waals surface area contributed by atoms with Crippen LogP contribution in [0.4, 0.5) is 0 Å². The Morgan fingerprint density at radius 2 is 2.20 bits per heavy atom. The summed E-state index contributed by atoms with van der Waals surface area (Å²) in [5.41, 5.74) is 1.80. The summed E-state index contributed by atoms with van der Waals surface area (Å²) in [5.74, 6) is 0.738. The van der Waals surface area contributed by atoms with E-state index < -0.39 is 0 Å². The Labute approximate surface area is 126 Å². The van der Waals surface area contributed by atoms with Crippen LogP contribution in [0.15, 0.2) is 23.0 Å². The number of hydrogen-bond acceptors (Lipinski definition) is 6. The third-order valence-electron chi connectivity index (χ3n) is 2.87.